The number of hydrogen-bond acceptors (Lipinski definition) is 10. The molecule has 0 spiro atoms. The van der Waals surface area contributed by atoms with Gasteiger partial charge in [-0.25, -0.2) is 4.39 Å². The highest BCUT2D eigenvalue weighted by Gasteiger charge is 2.31. The van der Waals surface area contributed by atoms with E-state index in [0.717, 1.165) is 10.8 Å². The molecule has 4 N–H and O–H groups in total. The van der Waals surface area contributed by atoms with Crippen LogP contribution in [0, 0.1) is 18.2 Å². The quantitative estimate of drug-likeness (QED) is 0.218. The number of benzene rings is 1. The van der Waals surface area contributed by atoms with Crippen molar-refractivity contribution in [3.05, 3.63) is 80.9 Å². The zero-order chi connectivity index (χ0) is 31.8. The van der Waals surface area contributed by atoms with E-state index in [1.807, 2.05) is 0 Å². The first kappa shape index (κ1) is 29.9. The maximum atomic E-state index is 13.5. The lowest BCUT2D eigenvalue weighted by Crippen LogP contribution is -2.43. The van der Waals surface area contributed by atoms with Crippen molar-refractivity contribution in [2.24, 2.45) is 5.41 Å². The standard InChI is InChI=1S/C29H28FN7O7/c1-14-35-36-27(43-14)26(41)34-13-29(2,3)12-33-24(39)18-11-37-21-20(22(38)19(28(37)42)25(40)31-4)32-10-16(23(21)44-18)9-15-5-7-17(30)8-6-15/h5-8,10-11,38H,9,12-13H2,1-4H3,(H,31,40)(H,33,39)(H,34,41). The van der Waals surface area contributed by atoms with Crippen molar-refractivity contribution in [2.45, 2.75) is 27.2 Å². The van der Waals surface area contributed by atoms with E-state index in [1.54, 1.807) is 32.9 Å². The smallest absolute Gasteiger partial charge is 0.308 e. The summed E-state index contributed by atoms with van der Waals surface area (Å²) in [6.07, 6.45) is 2.70. The van der Waals surface area contributed by atoms with Crippen LogP contribution in [0.15, 0.2) is 45.4 Å². The maximum Gasteiger partial charge on any atom is 0.308 e. The molecule has 228 valence electrons. The summed E-state index contributed by atoms with van der Waals surface area (Å²) in [5.41, 5.74) is -1.03. The van der Waals surface area contributed by atoms with Gasteiger partial charge in [0.1, 0.15) is 22.4 Å². The Morgan fingerprint density at radius 3 is 2.36 bits per heavy atom. The van der Waals surface area contributed by atoms with Crippen LogP contribution in [0.4, 0.5) is 4.39 Å². The number of halogens is 1. The Labute approximate surface area is 248 Å². The lowest BCUT2D eigenvalue weighted by molar-refractivity contribution is -0.119. The molecule has 1 aromatic carbocycles. The number of amides is 3. The van der Waals surface area contributed by atoms with Crippen LogP contribution < -0.4 is 26.2 Å². The monoisotopic (exact) mass is 605 g/mol. The molecule has 1 aliphatic heterocycles. The van der Waals surface area contributed by atoms with Crippen molar-refractivity contribution in [3.63, 3.8) is 0 Å². The van der Waals surface area contributed by atoms with E-state index >= 15 is 0 Å². The molecule has 0 aliphatic carbocycles. The minimum Gasteiger partial charge on any atom is -0.505 e. The largest absolute Gasteiger partial charge is 0.505 e. The molecule has 4 aromatic rings. The molecule has 0 fully saturated rings. The number of carbonyl (C=O) groups excluding carboxylic acids is 3. The fourth-order valence-electron chi connectivity index (χ4n) is 4.49. The highest BCUT2D eigenvalue weighted by Crippen LogP contribution is 2.38. The minimum absolute atomic E-state index is 0.0515. The highest BCUT2D eigenvalue weighted by atomic mass is 19.1. The first-order valence-corrected chi connectivity index (χ1v) is 13.4. The van der Waals surface area contributed by atoms with Gasteiger partial charge in [-0.3, -0.25) is 28.7 Å². The van der Waals surface area contributed by atoms with E-state index in [1.165, 1.54) is 25.4 Å². The van der Waals surface area contributed by atoms with Crippen LogP contribution in [-0.4, -0.2) is 62.7 Å². The Kier molecular flexibility index (Phi) is 7.87. The number of hydrogen-bond donors (Lipinski definition) is 4. The van der Waals surface area contributed by atoms with E-state index in [2.05, 4.69) is 31.1 Å². The van der Waals surface area contributed by atoms with Crippen molar-refractivity contribution in [3.8, 4) is 11.5 Å². The maximum absolute atomic E-state index is 13.5. The van der Waals surface area contributed by atoms with E-state index in [9.17, 15) is 28.7 Å². The third-order valence-corrected chi connectivity index (χ3v) is 6.83. The molecule has 5 rings (SSSR count). The predicted molar refractivity (Wildman–Crippen MR) is 153 cm³/mol. The summed E-state index contributed by atoms with van der Waals surface area (Å²) in [4.78, 5) is 55.9. The average molecular weight is 606 g/mol. The number of aryl methyl sites for hydroxylation is 1. The van der Waals surface area contributed by atoms with Gasteiger partial charge in [0.15, 0.2) is 11.5 Å². The Balaban J connectivity index is 1.45. The van der Waals surface area contributed by atoms with Crippen molar-refractivity contribution in [1.82, 2.24) is 35.7 Å². The van der Waals surface area contributed by atoms with E-state index in [-0.39, 0.29) is 53.8 Å². The van der Waals surface area contributed by atoms with Gasteiger partial charge in [-0.15, -0.1) is 10.2 Å². The van der Waals surface area contributed by atoms with Gasteiger partial charge in [0.25, 0.3) is 17.4 Å². The zero-order valence-electron chi connectivity index (χ0n) is 24.1. The van der Waals surface area contributed by atoms with Crippen LogP contribution in [0.1, 0.15) is 51.9 Å². The minimum atomic E-state index is -0.899. The molecule has 0 saturated carbocycles. The third-order valence-electron chi connectivity index (χ3n) is 6.83. The van der Waals surface area contributed by atoms with Crippen molar-refractivity contribution in [2.75, 3.05) is 20.1 Å². The molecule has 0 radical (unpaired) electrons. The predicted octanol–water partition coefficient (Wildman–Crippen LogP) is 1.65. The second-order valence-electron chi connectivity index (χ2n) is 10.8. The summed E-state index contributed by atoms with van der Waals surface area (Å²) in [5.74, 6) is -3.32. The molecule has 3 amide bonds. The van der Waals surface area contributed by atoms with Crippen molar-refractivity contribution >= 4 is 35.0 Å². The summed E-state index contributed by atoms with van der Waals surface area (Å²) >= 11 is 0. The zero-order valence-corrected chi connectivity index (χ0v) is 24.1. The number of pyridine rings is 2. The number of ether oxygens (including phenoxy) is 1. The first-order valence-electron chi connectivity index (χ1n) is 13.4. The summed E-state index contributed by atoms with van der Waals surface area (Å²) < 4.78 is 25.7. The van der Waals surface area contributed by atoms with Gasteiger partial charge in [0, 0.05) is 45.2 Å². The molecule has 4 heterocycles. The lowest BCUT2D eigenvalue weighted by Gasteiger charge is -2.26. The highest BCUT2D eigenvalue weighted by molar-refractivity contribution is 6.04. The first-order chi connectivity index (χ1) is 20.9. The Hall–Kier alpha value is -5.60. The molecular weight excluding hydrogens is 577 g/mol. The number of carbonyl (C=O) groups is 3. The molecule has 0 atom stereocenters. The normalized spacial score (nSPS) is 12.3. The van der Waals surface area contributed by atoms with Gasteiger partial charge in [0.2, 0.25) is 11.6 Å². The molecule has 44 heavy (non-hydrogen) atoms. The molecule has 1 aliphatic rings. The second kappa shape index (κ2) is 11.6. The third kappa shape index (κ3) is 5.84. The van der Waals surface area contributed by atoms with Crippen molar-refractivity contribution in [1.29, 1.82) is 0 Å². The van der Waals surface area contributed by atoms with Crippen LogP contribution in [0.25, 0.3) is 17.2 Å². The Morgan fingerprint density at radius 2 is 1.73 bits per heavy atom. The Bertz CT molecular complexity index is 1890. The van der Waals surface area contributed by atoms with E-state index < -0.39 is 45.8 Å². The van der Waals surface area contributed by atoms with E-state index in [0.29, 0.717) is 11.1 Å². The fraction of sp³-hybridized carbons (Fsp3) is 0.276. The average Bonchev–Trinajstić information content (AvgIpc) is 3.45. The van der Waals surface area contributed by atoms with Gasteiger partial charge in [-0.1, -0.05) is 26.0 Å². The second-order valence-corrected chi connectivity index (χ2v) is 10.8. The summed E-state index contributed by atoms with van der Waals surface area (Å²) in [7, 11) is 1.30. The van der Waals surface area contributed by atoms with E-state index in [4.69, 9.17) is 9.15 Å². The lowest BCUT2D eigenvalue weighted by atomic mass is 9.93. The molecule has 0 unspecified atom stereocenters. The fourth-order valence-corrected chi connectivity index (χ4v) is 4.49. The van der Waals surface area contributed by atoms with Gasteiger partial charge in [0.05, 0.1) is 6.20 Å². The van der Waals surface area contributed by atoms with Gasteiger partial charge in [-0.05, 0) is 23.1 Å². The molecule has 14 nitrogen and oxygen atoms in total. The Morgan fingerprint density at radius 1 is 1.05 bits per heavy atom. The van der Waals surface area contributed by atoms with Gasteiger partial charge >= 0.3 is 11.8 Å². The van der Waals surface area contributed by atoms with Crippen LogP contribution in [0.2, 0.25) is 0 Å². The van der Waals surface area contributed by atoms with Gasteiger partial charge < -0.3 is 30.2 Å². The SMILES string of the molecule is CNC(=O)c1c(O)c2ncc(Cc3ccc(F)cc3)c3c2n(c1=O)C=C(C(=O)NCC(C)(C)CNC(=O)c1nnc(C)o1)O3. The number of aromatic hydroxyl groups is 1. The number of rotatable bonds is 9. The molecular formula is C29H28FN7O7. The summed E-state index contributed by atoms with van der Waals surface area (Å²) in [6, 6.07) is 5.72. The molecule has 3 aromatic heterocycles. The number of aromatic nitrogens is 4. The number of nitrogens with one attached hydrogen (secondary N) is 3. The molecule has 0 bridgehead atoms. The van der Waals surface area contributed by atoms with Crippen LogP contribution in [0.5, 0.6) is 11.5 Å². The number of nitrogens with zero attached hydrogens (tertiary/aromatic N) is 4. The summed E-state index contributed by atoms with van der Waals surface area (Å²) in [5, 5.41) is 25.9. The van der Waals surface area contributed by atoms with Crippen LogP contribution >= 0.6 is 0 Å². The summed E-state index contributed by atoms with van der Waals surface area (Å²) in [6.45, 7) is 5.37. The molecule has 0 saturated heterocycles. The van der Waals surface area contributed by atoms with Crippen LogP contribution in [0.3, 0.4) is 0 Å². The topological polar surface area (TPSA) is 191 Å². The van der Waals surface area contributed by atoms with Crippen molar-refractivity contribution < 1.29 is 33.0 Å². The van der Waals surface area contributed by atoms with Crippen LogP contribution in [-0.2, 0) is 11.2 Å². The van der Waals surface area contributed by atoms with Gasteiger partial charge in [-0.2, -0.15) is 0 Å². The molecule has 15 heteroatoms.